The summed E-state index contributed by atoms with van der Waals surface area (Å²) in [5, 5.41) is 3.27. The Bertz CT molecular complexity index is 231. The van der Waals surface area contributed by atoms with E-state index in [0.29, 0.717) is 5.92 Å². The molecular formula is C11H20N2O. The molecule has 3 N–H and O–H groups in total. The zero-order valence-corrected chi connectivity index (χ0v) is 8.99. The Balaban J connectivity index is 2.09. The van der Waals surface area contributed by atoms with Crippen molar-refractivity contribution >= 4 is 0 Å². The summed E-state index contributed by atoms with van der Waals surface area (Å²) in [6.45, 7) is 5.98. The second-order valence-electron chi connectivity index (χ2n) is 4.10. The summed E-state index contributed by atoms with van der Waals surface area (Å²) in [6, 6.07) is 4.09. The van der Waals surface area contributed by atoms with Gasteiger partial charge in [0.05, 0.1) is 12.8 Å². The fraction of sp³-hybridized carbons (Fsp3) is 0.636. The smallest absolute Gasteiger partial charge is 0.117 e. The van der Waals surface area contributed by atoms with Crippen LogP contribution < -0.4 is 11.1 Å². The Morgan fingerprint density at radius 2 is 2.29 bits per heavy atom. The highest BCUT2D eigenvalue weighted by Gasteiger charge is 2.04. The molecule has 14 heavy (non-hydrogen) atoms. The topological polar surface area (TPSA) is 51.2 Å². The third-order valence-corrected chi connectivity index (χ3v) is 2.06. The second kappa shape index (κ2) is 5.83. The maximum absolute atomic E-state index is 5.92. The lowest BCUT2D eigenvalue weighted by Gasteiger charge is -2.14. The van der Waals surface area contributed by atoms with Gasteiger partial charge in [-0.15, -0.1) is 0 Å². The van der Waals surface area contributed by atoms with Gasteiger partial charge >= 0.3 is 0 Å². The molecule has 3 heteroatoms. The molecule has 1 aromatic rings. The van der Waals surface area contributed by atoms with E-state index in [1.54, 1.807) is 6.26 Å². The maximum atomic E-state index is 5.92. The standard InChI is InChI=1S/C11H20N2O/c1-9(2)6-10(12)7-13-8-11-4-3-5-14-11/h3-5,9-10,13H,6-8,12H2,1-2H3. The van der Waals surface area contributed by atoms with Crippen LogP contribution in [0.3, 0.4) is 0 Å². The predicted molar refractivity (Wildman–Crippen MR) is 57.8 cm³/mol. The molecule has 0 fully saturated rings. The lowest BCUT2D eigenvalue weighted by molar-refractivity contribution is 0.441. The van der Waals surface area contributed by atoms with E-state index in [9.17, 15) is 0 Å². The molecule has 1 unspecified atom stereocenters. The van der Waals surface area contributed by atoms with Crippen molar-refractivity contribution in [3.05, 3.63) is 24.2 Å². The summed E-state index contributed by atoms with van der Waals surface area (Å²) in [6.07, 6.45) is 2.75. The van der Waals surface area contributed by atoms with Crippen LogP contribution >= 0.6 is 0 Å². The van der Waals surface area contributed by atoms with Crippen molar-refractivity contribution in [1.82, 2.24) is 5.32 Å². The van der Waals surface area contributed by atoms with Gasteiger partial charge in [-0.2, -0.15) is 0 Å². The molecule has 0 spiro atoms. The minimum absolute atomic E-state index is 0.241. The van der Waals surface area contributed by atoms with Crippen molar-refractivity contribution in [2.75, 3.05) is 6.54 Å². The molecule has 0 saturated heterocycles. The van der Waals surface area contributed by atoms with E-state index in [0.717, 1.165) is 25.3 Å². The number of nitrogens with two attached hydrogens (primary N) is 1. The molecule has 0 aromatic carbocycles. The molecule has 0 amide bonds. The van der Waals surface area contributed by atoms with Crippen molar-refractivity contribution in [3.63, 3.8) is 0 Å². The van der Waals surface area contributed by atoms with E-state index in [1.807, 2.05) is 12.1 Å². The Hall–Kier alpha value is -0.800. The lowest BCUT2D eigenvalue weighted by Crippen LogP contribution is -2.34. The minimum atomic E-state index is 0.241. The molecule has 1 rings (SSSR count). The molecule has 80 valence electrons. The third kappa shape index (κ3) is 4.44. The van der Waals surface area contributed by atoms with Gasteiger partial charge in [0.15, 0.2) is 0 Å². The number of nitrogens with one attached hydrogen (secondary N) is 1. The first kappa shape index (κ1) is 11.3. The number of hydrogen-bond donors (Lipinski definition) is 2. The molecule has 3 nitrogen and oxygen atoms in total. The number of rotatable bonds is 6. The summed E-state index contributed by atoms with van der Waals surface area (Å²) in [7, 11) is 0. The van der Waals surface area contributed by atoms with E-state index in [-0.39, 0.29) is 6.04 Å². The van der Waals surface area contributed by atoms with Crippen LogP contribution in [0, 0.1) is 5.92 Å². The Morgan fingerprint density at radius 3 is 2.86 bits per heavy atom. The number of furan rings is 1. The fourth-order valence-corrected chi connectivity index (χ4v) is 1.48. The van der Waals surface area contributed by atoms with Gasteiger partial charge in [0.2, 0.25) is 0 Å². The summed E-state index contributed by atoms with van der Waals surface area (Å²) in [5.74, 6) is 1.62. The maximum Gasteiger partial charge on any atom is 0.117 e. The number of hydrogen-bond acceptors (Lipinski definition) is 3. The molecule has 1 aromatic heterocycles. The van der Waals surface area contributed by atoms with Crippen molar-refractivity contribution in [2.24, 2.45) is 11.7 Å². The average molecular weight is 196 g/mol. The lowest BCUT2D eigenvalue weighted by atomic mass is 10.0. The summed E-state index contributed by atoms with van der Waals surface area (Å²) in [4.78, 5) is 0. The van der Waals surface area contributed by atoms with Gasteiger partial charge in [0.25, 0.3) is 0 Å². The quantitative estimate of drug-likeness (QED) is 0.728. The van der Waals surface area contributed by atoms with E-state index < -0.39 is 0 Å². The molecule has 0 aliphatic heterocycles. The SMILES string of the molecule is CC(C)CC(N)CNCc1ccco1. The predicted octanol–water partition coefficient (Wildman–Crippen LogP) is 1.74. The van der Waals surface area contributed by atoms with E-state index in [1.165, 1.54) is 0 Å². The van der Waals surface area contributed by atoms with Gasteiger partial charge in [-0.3, -0.25) is 0 Å². The largest absolute Gasteiger partial charge is 0.468 e. The van der Waals surface area contributed by atoms with Crippen LogP contribution in [0.2, 0.25) is 0 Å². The first-order valence-electron chi connectivity index (χ1n) is 5.17. The Kier molecular flexibility index (Phi) is 4.70. The molecule has 1 atom stereocenters. The van der Waals surface area contributed by atoms with E-state index >= 15 is 0 Å². The van der Waals surface area contributed by atoms with Crippen LogP contribution in [0.5, 0.6) is 0 Å². The van der Waals surface area contributed by atoms with Crippen LogP contribution in [0.4, 0.5) is 0 Å². The normalized spacial score (nSPS) is 13.4. The Morgan fingerprint density at radius 1 is 1.50 bits per heavy atom. The zero-order chi connectivity index (χ0) is 10.4. The average Bonchev–Trinajstić information content (AvgIpc) is 2.55. The second-order valence-corrected chi connectivity index (χ2v) is 4.10. The van der Waals surface area contributed by atoms with E-state index in [4.69, 9.17) is 10.2 Å². The van der Waals surface area contributed by atoms with Gasteiger partial charge in [0.1, 0.15) is 5.76 Å². The fourth-order valence-electron chi connectivity index (χ4n) is 1.48. The highest BCUT2D eigenvalue weighted by Crippen LogP contribution is 2.02. The summed E-state index contributed by atoms with van der Waals surface area (Å²) >= 11 is 0. The molecule has 0 radical (unpaired) electrons. The highest BCUT2D eigenvalue weighted by atomic mass is 16.3. The van der Waals surface area contributed by atoms with Gasteiger partial charge in [-0.25, -0.2) is 0 Å². The molecule has 0 bridgehead atoms. The Labute approximate surface area is 85.7 Å². The summed E-state index contributed by atoms with van der Waals surface area (Å²) in [5.41, 5.74) is 5.92. The highest BCUT2D eigenvalue weighted by molar-refractivity contribution is 4.97. The monoisotopic (exact) mass is 196 g/mol. The summed E-state index contributed by atoms with van der Waals surface area (Å²) < 4.78 is 5.19. The third-order valence-electron chi connectivity index (χ3n) is 2.06. The zero-order valence-electron chi connectivity index (χ0n) is 8.99. The van der Waals surface area contributed by atoms with Crippen LogP contribution in [0.1, 0.15) is 26.0 Å². The van der Waals surface area contributed by atoms with Crippen molar-refractivity contribution < 1.29 is 4.42 Å². The molecule has 0 aliphatic rings. The molecule has 0 aliphatic carbocycles. The van der Waals surface area contributed by atoms with Crippen LogP contribution in [0.15, 0.2) is 22.8 Å². The minimum Gasteiger partial charge on any atom is -0.468 e. The first-order chi connectivity index (χ1) is 6.68. The van der Waals surface area contributed by atoms with Crippen LogP contribution in [-0.4, -0.2) is 12.6 Å². The van der Waals surface area contributed by atoms with Crippen LogP contribution in [-0.2, 0) is 6.54 Å². The van der Waals surface area contributed by atoms with Gasteiger partial charge in [-0.05, 0) is 24.5 Å². The van der Waals surface area contributed by atoms with E-state index in [2.05, 4.69) is 19.2 Å². The van der Waals surface area contributed by atoms with Crippen molar-refractivity contribution in [1.29, 1.82) is 0 Å². The van der Waals surface area contributed by atoms with Gasteiger partial charge in [0, 0.05) is 12.6 Å². The first-order valence-corrected chi connectivity index (χ1v) is 5.17. The van der Waals surface area contributed by atoms with Crippen LogP contribution in [0.25, 0.3) is 0 Å². The molecule has 0 saturated carbocycles. The molecule has 1 heterocycles. The van der Waals surface area contributed by atoms with Crippen molar-refractivity contribution in [2.45, 2.75) is 32.9 Å². The molecular weight excluding hydrogens is 176 g/mol. The van der Waals surface area contributed by atoms with Crippen molar-refractivity contribution in [3.8, 4) is 0 Å². The van der Waals surface area contributed by atoms with Gasteiger partial charge in [-0.1, -0.05) is 13.8 Å². The van der Waals surface area contributed by atoms with Gasteiger partial charge < -0.3 is 15.5 Å².